The van der Waals surface area contributed by atoms with Crippen LogP contribution in [-0.4, -0.2) is 51.9 Å². The average molecular weight is 459 g/mol. The summed E-state index contributed by atoms with van der Waals surface area (Å²) in [4.78, 5) is 31.1. The van der Waals surface area contributed by atoms with E-state index < -0.39 is 0 Å². The first kappa shape index (κ1) is 22.7. The van der Waals surface area contributed by atoms with Gasteiger partial charge >= 0.3 is 0 Å². The molecule has 0 unspecified atom stereocenters. The number of hydrogen-bond donors (Lipinski definition) is 3. The number of anilines is 3. The first-order valence-electron chi connectivity index (χ1n) is 11.0. The Labute approximate surface area is 197 Å². The number of hydrazine groups is 1. The zero-order valence-corrected chi connectivity index (χ0v) is 19.2. The van der Waals surface area contributed by atoms with Gasteiger partial charge in [-0.05, 0) is 37.6 Å². The number of amides is 1. The monoisotopic (exact) mass is 458 g/mol. The molecule has 1 aliphatic heterocycles. The minimum atomic E-state index is -0.329. The number of amidine groups is 1. The Balaban J connectivity index is 1.70. The summed E-state index contributed by atoms with van der Waals surface area (Å²) in [6, 6.07) is 16.9. The second-order valence-electron chi connectivity index (χ2n) is 7.22. The van der Waals surface area contributed by atoms with Crippen molar-refractivity contribution in [3.05, 3.63) is 71.4 Å². The Morgan fingerprint density at radius 1 is 0.882 bits per heavy atom. The van der Waals surface area contributed by atoms with Gasteiger partial charge in [0.15, 0.2) is 5.84 Å². The molecule has 0 saturated carbocycles. The topological polar surface area (TPSA) is 117 Å². The van der Waals surface area contributed by atoms with Crippen LogP contribution in [0.4, 0.5) is 17.8 Å². The molecule has 3 N–H and O–H groups in total. The maximum atomic E-state index is 13.4. The zero-order valence-electron chi connectivity index (χ0n) is 19.2. The molecule has 2 heterocycles. The maximum absolute atomic E-state index is 13.4. The molecular weight excluding hydrogens is 432 g/mol. The molecule has 2 aromatic carbocycles. The molecule has 34 heavy (non-hydrogen) atoms. The van der Waals surface area contributed by atoms with Crippen LogP contribution in [-0.2, 0) is 4.79 Å². The van der Waals surface area contributed by atoms with Crippen LogP contribution in [0.3, 0.4) is 0 Å². The van der Waals surface area contributed by atoms with E-state index in [1.807, 2.05) is 68.4 Å². The highest BCUT2D eigenvalue weighted by molar-refractivity contribution is 6.20. The van der Waals surface area contributed by atoms with Gasteiger partial charge in [0, 0.05) is 18.7 Å². The minimum absolute atomic E-state index is 0.213. The zero-order chi connectivity index (χ0) is 23.9. The molecule has 0 aliphatic carbocycles. The summed E-state index contributed by atoms with van der Waals surface area (Å²) in [6.07, 6.45) is 1.73. The fraction of sp³-hybridized carbons (Fsp3) is 0.208. The van der Waals surface area contributed by atoms with Crippen molar-refractivity contribution in [2.24, 2.45) is 4.99 Å². The van der Waals surface area contributed by atoms with Crippen molar-refractivity contribution >= 4 is 35.7 Å². The lowest BCUT2D eigenvalue weighted by molar-refractivity contribution is -0.121. The Hall–Kier alpha value is -4.47. The number of aromatic nitrogens is 3. The molecule has 0 bridgehead atoms. The van der Waals surface area contributed by atoms with E-state index in [1.165, 1.54) is 5.01 Å². The second kappa shape index (κ2) is 10.4. The number of aliphatic imine (C=N–C) groups is 1. The van der Waals surface area contributed by atoms with Gasteiger partial charge < -0.3 is 15.4 Å². The summed E-state index contributed by atoms with van der Waals surface area (Å²) in [7, 11) is 1.61. The van der Waals surface area contributed by atoms with E-state index in [0.29, 0.717) is 30.8 Å². The highest BCUT2D eigenvalue weighted by Crippen LogP contribution is 2.24. The molecule has 3 aromatic rings. The van der Waals surface area contributed by atoms with E-state index in [0.717, 1.165) is 16.9 Å². The van der Waals surface area contributed by atoms with E-state index in [-0.39, 0.29) is 17.6 Å². The highest BCUT2D eigenvalue weighted by atomic mass is 16.5. The molecule has 1 aromatic heterocycles. The van der Waals surface area contributed by atoms with Crippen molar-refractivity contribution in [1.29, 1.82) is 0 Å². The van der Waals surface area contributed by atoms with E-state index in [1.54, 1.807) is 13.2 Å². The summed E-state index contributed by atoms with van der Waals surface area (Å²) in [5.74, 6) is 1.86. The number of rotatable bonds is 9. The molecule has 0 saturated heterocycles. The number of methoxy groups -OCH3 is 1. The highest BCUT2D eigenvalue weighted by Gasteiger charge is 2.32. The second-order valence-corrected chi connectivity index (χ2v) is 7.22. The molecule has 0 spiro atoms. The third-order valence-corrected chi connectivity index (χ3v) is 4.83. The lowest BCUT2D eigenvalue weighted by atomic mass is 10.2. The van der Waals surface area contributed by atoms with Crippen LogP contribution in [0.2, 0.25) is 0 Å². The molecule has 1 aliphatic rings. The van der Waals surface area contributed by atoms with Gasteiger partial charge in [0.05, 0.1) is 7.11 Å². The van der Waals surface area contributed by atoms with Crippen LogP contribution in [0.1, 0.15) is 25.0 Å². The van der Waals surface area contributed by atoms with Crippen molar-refractivity contribution in [3.8, 4) is 5.75 Å². The number of benzene rings is 2. The van der Waals surface area contributed by atoms with Crippen molar-refractivity contribution in [3.63, 3.8) is 0 Å². The Morgan fingerprint density at radius 3 is 2.09 bits per heavy atom. The maximum Gasteiger partial charge on any atom is 0.297 e. The van der Waals surface area contributed by atoms with Crippen LogP contribution < -0.4 is 20.8 Å². The number of nitrogens with zero attached hydrogens (tertiary/aromatic N) is 5. The number of hydrogen-bond acceptors (Lipinski definition) is 9. The van der Waals surface area contributed by atoms with Gasteiger partial charge in [-0.15, -0.1) is 0 Å². The predicted molar refractivity (Wildman–Crippen MR) is 133 cm³/mol. The van der Waals surface area contributed by atoms with Crippen LogP contribution in [0.5, 0.6) is 5.75 Å². The standard InChI is InChI=1S/C24H26N8O2/c1-4-25-22-28-23(26-5-2)30-24(29-22)31-32-20(17-9-7-6-8-10-17)27-19(21(32)33)15-16-11-13-18(34-3)14-12-16/h6-15H,4-5H2,1-3H3,(H3,25,26,28,29,30,31)/b19-15-. The quantitative estimate of drug-likeness (QED) is 0.418. The lowest BCUT2D eigenvalue weighted by Crippen LogP contribution is -2.38. The largest absolute Gasteiger partial charge is 0.497 e. The normalized spacial score (nSPS) is 14.2. The van der Waals surface area contributed by atoms with E-state index in [2.05, 4.69) is 36.0 Å². The molecule has 10 heteroatoms. The summed E-state index contributed by atoms with van der Waals surface area (Å²) in [5, 5.41) is 7.51. The van der Waals surface area contributed by atoms with Crippen molar-refractivity contribution in [2.45, 2.75) is 13.8 Å². The number of carbonyl (C=O) groups is 1. The van der Waals surface area contributed by atoms with Crippen molar-refractivity contribution in [1.82, 2.24) is 20.0 Å². The van der Waals surface area contributed by atoms with Gasteiger partial charge in [-0.25, -0.2) is 4.99 Å². The molecule has 1 amide bonds. The number of nitrogens with one attached hydrogen (secondary N) is 3. The van der Waals surface area contributed by atoms with Gasteiger partial charge in [0.2, 0.25) is 17.8 Å². The SMILES string of the molecule is CCNc1nc(NCC)nc(NN2C(=O)/C(=C/c3ccc(OC)cc3)N=C2c2ccccc2)n1. The Kier molecular flexibility index (Phi) is 6.97. The summed E-state index contributed by atoms with van der Waals surface area (Å²) in [5.41, 5.74) is 4.90. The van der Waals surface area contributed by atoms with Crippen LogP contribution in [0, 0.1) is 0 Å². The lowest BCUT2D eigenvalue weighted by Gasteiger charge is -2.19. The average Bonchev–Trinajstić information content (AvgIpc) is 3.15. The van der Waals surface area contributed by atoms with Gasteiger partial charge in [-0.2, -0.15) is 20.0 Å². The smallest absolute Gasteiger partial charge is 0.297 e. The summed E-state index contributed by atoms with van der Waals surface area (Å²) >= 11 is 0. The first-order chi connectivity index (χ1) is 16.6. The van der Waals surface area contributed by atoms with E-state index in [9.17, 15) is 4.79 Å². The fourth-order valence-corrected chi connectivity index (χ4v) is 3.26. The van der Waals surface area contributed by atoms with Crippen LogP contribution >= 0.6 is 0 Å². The third kappa shape index (κ3) is 5.12. The minimum Gasteiger partial charge on any atom is -0.497 e. The Morgan fingerprint density at radius 2 is 1.50 bits per heavy atom. The molecule has 0 radical (unpaired) electrons. The van der Waals surface area contributed by atoms with Gasteiger partial charge in [-0.3, -0.25) is 10.2 Å². The first-order valence-corrected chi connectivity index (χ1v) is 11.0. The molecule has 0 fully saturated rings. The van der Waals surface area contributed by atoms with Crippen LogP contribution in [0.25, 0.3) is 6.08 Å². The van der Waals surface area contributed by atoms with Gasteiger partial charge in [0.25, 0.3) is 5.91 Å². The predicted octanol–water partition coefficient (Wildman–Crippen LogP) is 3.40. The molecular formula is C24H26N8O2. The fourth-order valence-electron chi connectivity index (χ4n) is 3.26. The van der Waals surface area contributed by atoms with Gasteiger partial charge in [-0.1, -0.05) is 42.5 Å². The summed E-state index contributed by atoms with van der Waals surface area (Å²) in [6.45, 7) is 5.18. The third-order valence-electron chi connectivity index (χ3n) is 4.83. The Bertz CT molecular complexity index is 1190. The van der Waals surface area contributed by atoms with Crippen molar-refractivity contribution in [2.75, 3.05) is 36.3 Å². The number of carbonyl (C=O) groups excluding carboxylic acids is 1. The van der Waals surface area contributed by atoms with Crippen LogP contribution in [0.15, 0.2) is 65.3 Å². The molecule has 0 atom stereocenters. The molecule has 10 nitrogen and oxygen atoms in total. The van der Waals surface area contributed by atoms with Crippen molar-refractivity contribution < 1.29 is 9.53 Å². The molecule has 174 valence electrons. The number of ether oxygens (including phenoxy) is 1. The van der Waals surface area contributed by atoms with E-state index >= 15 is 0 Å². The van der Waals surface area contributed by atoms with E-state index in [4.69, 9.17) is 4.74 Å². The summed E-state index contributed by atoms with van der Waals surface area (Å²) < 4.78 is 5.21. The van der Waals surface area contributed by atoms with Gasteiger partial charge in [0.1, 0.15) is 11.4 Å². The molecule has 4 rings (SSSR count).